The number of aromatic nitrogens is 2. The molecule has 0 N–H and O–H groups in total. The summed E-state index contributed by atoms with van der Waals surface area (Å²) in [5.41, 5.74) is 0.571. The Balaban J connectivity index is 2.21. The van der Waals surface area contributed by atoms with Crippen LogP contribution >= 0.6 is 27.5 Å². The van der Waals surface area contributed by atoms with Crippen LogP contribution in [0.3, 0.4) is 0 Å². The summed E-state index contributed by atoms with van der Waals surface area (Å²) in [6.07, 6.45) is 1.37. The number of hydrogen-bond donors (Lipinski definition) is 0. The molecule has 1 aliphatic heterocycles. The van der Waals surface area contributed by atoms with Gasteiger partial charge in [-0.15, -0.1) is 0 Å². The van der Waals surface area contributed by atoms with Crippen LogP contribution in [0.4, 0.5) is 4.39 Å². The van der Waals surface area contributed by atoms with Crippen molar-refractivity contribution in [2.75, 3.05) is 13.2 Å². The lowest BCUT2D eigenvalue weighted by Crippen LogP contribution is -2.38. The van der Waals surface area contributed by atoms with Gasteiger partial charge in [0.15, 0.2) is 5.82 Å². The van der Waals surface area contributed by atoms with Gasteiger partial charge >= 0.3 is 0 Å². The minimum atomic E-state index is -0.681. The van der Waals surface area contributed by atoms with Crippen molar-refractivity contribution < 1.29 is 13.9 Å². The van der Waals surface area contributed by atoms with Crippen LogP contribution in [0.25, 0.3) is 11.3 Å². The number of hydrogen-bond acceptors (Lipinski definition) is 4. The molecule has 1 fully saturated rings. The number of rotatable bonds is 3. The molecule has 0 unspecified atom stereocenters. The quantitative estimate of drug-likeness (QED) is 0.812. The van der Waals surface area contributed by atoms with Gasteiger partial charge in [-0.1, -0.05) is 11.6 Å². The van der Waals surface area contributed by atoms with E-state index in [1.165, 1.54) is 16.9 Å². The maximum Gasteiger partial charge on any atom is 0.152 e. The van der Waals surface area contributed by atoms with Crippen molar-refractivity contribution in [1.29, 1.82) is 5.26 Å². The SMILES string of the molecule is Cn1ncc(Br)c1-c1c(F)c(Cl)cc(OC2COC2)c1C#N. The summed E-state index contributed by atoms with van der Waals surface area (Å²) in [5.74, 6) is -0.440. The van der Waals surface area contributed by atoms with Crippen LogP contribution in [-0.4, -0.2) is 29.1 Å². The Morgan fingerprint density at radius 2 is 2.32 bits per heavy atom. The van der Waals surface area contributed by atoms with Crippen molar-refractivity contribution in [2.24, 2.45) is 7.05 Å². The summed E-state index contributed by atoms with van der Waals surface area (Å²) >= 11 is 9.29. The lowest BCUT2D eigenvalue weighted by molar-refractivity contribution is -0.0797. The Bertz CT molecular complexity index is 764. The highest BCUT2D eigenvalue weighted by atomic mass is 79.9. The highest BCUT2D eigenvalue weighted by Crippen LogP contribution is 2.40. The minimum absolute atomic E-state index is 0.0668. The lowest BCUT2D eigenvalue weighted by Gasteiger charge is -2.27. The smallest absolute Gasteiger partial charge is 0.152 e. The third-order valence-corrected chi connectivity index (χ3v) is 4.18. The molecule has 5 nitrogen and oxygen atoms in total. The van der Waals surface area contributed by atoms with E-state index in [1.807, 2.05) is 6.07 Å². The molecule has 0 bridgehead atoms. The van der Waals surface area contributed by atoms with Gasteiger partial charge in [0.2, 0.25) is 0 Å². The molecule has 3 rings (SSSR count). The highest BCUT2D eigenvalue weighted by molar-refractivity contribution is 9.10. The summed E-state index contributed by atoms with van der Waals surface area (Å²) in [6, 6.07) is 3.32. The number of ether oxygens (including phenoxy) is 2. The van der Waals surface area contributed by atoms with Gasteiger partial charge in [0, 0.05) is 13.1 Å². The van der Waals surface area contributed by atoms with Crippen LogP contribution in [0.15, 0.2) is 16.7 Å². The standard InChI is InChI=1S/C14H10BrClFN3O2/c1-20-14(9(15)4-19-20)12-8(3-18)11(2-10(16)13(12)17)22-7-5-21-6-7/h2,4,7H,5-6H2,1H3. The van der Waals surface area contributed by atoms with Gasteiger partial charge in [-0.2, -0.15) is 10.4 Å². The summed E-state index contributed by atoms with van der Waals surface area (Å²) in [5, 5.41) is 13.4. The second-order valence-electron chi connectivity index (χ2n) is 4.77. The van der Waals surface area contributed by atoms with E-state index in [2.05, 4.69) is 21.0 Å². The minimum Gasteiger partial charge on any atom is -0.484 e. The fourth-order valence-corrected chi connectivity index (χ4v) is 2.92. The Morgan fingerprint density at radius 3 is 2.82 bits per heavy atom. The maximum atomic E-state index is 14.6. The number of nitrogens with zero attached hydrogens (tertiary/aromatic N) is 3. The Labute approximate surface area is 139 Å². The molecule has 1 saturated heterocycles. The van der Waals surface area contributed by atoms with Gasteiger partial charge in [-0.25, -0.2) is 4.39 Å². The van der Waals surface area contributed by atoms with Crippen LogP contribution in [0.2, 0.25) is 5.02 Å². The molecule has 0 atom stereocenters. The average Bonchev–Trinajstić information content (AvgIpc) is 2.77. The van der Waals surface area contributed by atoms with Crippen molar-refractivity contribution in [1.82, 2.24) is 9.78 Å². The predicted octanol–water partition coefficient (Wildman–Crippen LogP) is 3.29. The van der Waals surface area contributed by atoms with Crippen molar-refractivity contribution in [3.05, 3.63) is 33.1 Å². The first-order valence-electron chi connectivity index (χ1n) is 6.37. The van der Waals surface area contributed by atoms with Crippen molar-refractivity contribution >= 4 is 27.5 Å². The van der Waals surface area contributed by atoms with Gasteiger partial charge in [0.1, 0.15) is 23.5 Å². The number of aryl methyl sites for hydroxylation is 1. The second-order valence-corrected chi connectivity index (χ2v) is 6.04. The molecule has 0 radical (unpaired) electrons. The Kier molecular flexibility index (Phi) is 4.08. The molecular weight excluding hydrogens is 377 g/mol. The van der Waals surface area contributed by atoms with E-state index in [9.17, 15) is 9.65 Å². The average molecular weight is 387 g/mol. The molecule has 2 aromatic rings. The van der Waals surface area contributed by atoms with E-state index in [0.29, 0.717) is 23.4 Å². The molecule has 2 heterocycles. The normalized spacial score (nSPS) is 14.5. The van der Waals surface area contributed by atoms with E-state index in [1.54, 1.807) is 7.05 Å². The van der Waals surface area contributed by atoms with Crippen molar-refractivity contribution in [3.63, 3.8) is 0 Å². The monoisotopic (exact) mass is 385 g/mol. The van der Waals surface area contributed by atoms with E-state index in [0.717, 1.165) is 0 Å². The third-order valence-electron chi connectivity index (χ3n) is 3.33. The molecule has 0 spiro atoms. The second kappa shape index (κ2) is 5.88. The van der Waals surface area contributed by atoms with Crippen molar-refractivity contribution in [2.45, 2.75) is 6.10 Å². The van der Waals surface area contributed by atoms with Crippen molar-refractivity contribution in [3.8, 4) is 23.1 Å². The molecule has 8 heteroatoms. The molecule has 0 aliphatic carbocycles. The molecule has 22 heavy (non-hydrogen) atoms. The Hall–Kier alpha value is -1.62. The molecule has 0 amide bonds. The molecule has 1 aliphatic rings. The van der Waals surface area contributed by atoms with Gasteiger partial charge in [0.05, 0.1) is 40.2 Å². The molecule has 114 valence electrons. The largest absolute Gasteiger partial charge is 0.484 e. The highest BCUT2D eigenvalue weighted by Gasteiger charge is 2.27. The topological polar surface area (TPSA) is 60.1 Å². The first-order chi connectivity index (χ1) is 10.5. The first kappa shape index (κ1) is 15.3. The first-order valence-corrected chi connectivity index (χ1v) is 7.54. The molecule has 1 aromatic heterocycles. The number of nitriles is 1. The van der Waals surface area contributed by atoms with Gasteiger partial charge in [-0.05, 0) is 15.9 Å². The van der Waals surface area contributed by atoms with Crippen LogP contribution in [0.5, 0.6) is 5.75 Å². The molecular formula is C14H10BrClFN3O2. The fourth-order valence-electron chi connectivity index (χ4n) is 2.18. The Morgan fingerprint density at radius 1 is 1.59 bits per heavy atom. The van der Waals surface area contributed by atoms with Crippen LogP contribution in [0, 0.1) is 17.1 Å². The summed E-state index contributed by atoms with van der Waals surface area (Å²) in [4.78, 5) is 0. The lowest BCUT2D eigenvalue weighted by atomic mass is 10.0. The van der Waals surface area contributed by atoms with Crippen LogP contribution < -0.4 is 4.74 Å². The number of benzene rings is 1. The molecule has 0 saturated carbocycles. The van der Waals surface area contributed by atoms with E-state index < -0.39 is 5.82 Å². The summed E-state index contributed by atoms with van der Waals surface area (Å²) in [7, 11) is 1.65. The molecule has 1 aromatic carbocycles. The van der Waals surface area contributed by atoms with E-state index >= 15 is 0 Å². The summed E-state index contributed by atoms with van der Waals surface area (Å²) < 4.78 is 27.3. The fraction of sp³-hybridized carbons (Fsp3) is 0.286. The number of halogens is 3. The maximum absolute atomic E-state index is 14.6. The predicted molar refractivity (Wildman–Crippen MR) is 81.3 cm³/mol. The van der Waals surface area contributed by atoms with Gasteiger partial charge < -0.3 is 9.47 Å². The van der Waals surface area contributed by atoms with E-state index in [4.69, 9.17) is 21.1 Å². The van der Waals surface area contributed by atoms with E-state index in [-0.39, 0.29) is 28.0 Å². The van der Waals surface area contributed by atoms with Gasteiger partial charge in [-0.3, -0.25) is 4.68 Å². The zero-order valence-corrected chi connectivity index (χ0v) is 13.8. The zero-order valence-electron chi connectivity index (χ0n) is 11.4. The van der Waals surface area contributed by atoms with Gasteiger partial charge in [0.25, 0.3) is 0 Å². The zero-order chi connectivity index (χ0) is 15.9. The van der Waals surface area contributed by atoms with Crippen LogP contribution in [-0.2, 0) is 11.8 Å². The third kappa shape index (κ3) is 2.47. The summed E-state index contributed by atoms with van der Waals surface area (Å²) in [6.45, 7) is 0.870. The van der Waals surface area contributed by atoms with Crippen LogP contribution in [0.1, 0.15) is 5.56 Å².